The summed E-state index contributed by atoms with van der Waals surface area (Å²) in [7, 11) is 3.21. The summed E-state index contributed by atoms with van der Waals surface area (Å²) in [5.41, 5.74) is 1.80. The Balaban J connectivity index is 2.20. The molecule has 0 saturated carbocycles. The number of ether oxygens (including phenoxy) is 2. The summed E-state index contributed by atoms with van der Waals surface area (Å²) in [6, 6.07) is 14.3. The van der Waals surface area contributed by atoms with Crippen LogP contribution in [0.3, 0.4) is 0 Å². The van der Waals surface area contributed by atoms with E-state index >= 15 is 0 Å². The van der Waals surface area contributed by atoms with E-state index in [2.05, 4.69) is 5.32 Å². The topological polar surface area (TPSA) is 67.9 Å². The molecular formula is C23H30N2O4. The zero-order valence-electron chi connectivity index (χ0n) is 17.8. The molecule has 0 heterocycles. The largest absolute Gasteiger partial charge is 0.497 e. The maximum absolute atomic E-state index is 13.1. The number of nitrogens with one attached hydrogen (secondary N) is 1. The van der Waals surface area contributed by atoms with Crippen molar-refractivity contribution in [3.63, 3.8) is 0 Å². The van der Waals surface area contributed by atoms with Gasteiger partial charge in [-0.1, -0.05) is 24.3 Å². The number of nitrogens with zero attached hydrogens (tertiary/aromatic N) is 1. The maximum Gasteiger partial charge on any atom is 0.242 e. The number of rotatable bonds is 9. The van der Waals surface area contributed by atoms with Crippen molar-refractivity contribution < 1.29 is 19.1 Å². The van der Waals surface area contributed by atoms with Gasteiger partial charge in [0, 0.05) is 12.6 Å². The van der Waals surface area contributed by atoms with Crippen molar-refractivity contribution in [1.29, 1.82) is 0 Å². The van der Waals surface area contributed by atoms with Gasteiger partial charge in [-0.15, -0.1) is 0 Å². The highest BCUT2D eigenvalue weighted by atomic mass is 16.5. The van der Waals surface area contributed by atoms with Gasteiger partial charge < -0.3 is 19.7 Å². The summed E-state index contributed by atoms with van der Waals surface area (Å²) >= 11 is 0. The Labute approximate surface area is 172 Å². The SMILES string of the molecule is COc1ccc(CC(=O)N(Cc2ccc(OC)cc2)[C@H](C)C(=O)NC(C)C)cc1. The number of hydrogen-bond donors (Lipinski definition) is 1. The molecule has 0 fully saturated rings. The Morgan fingerprint density at radius 1 is 0.862 bits per heavy atom. The van der Waals surface area contributed by atoms with Crippen LogP contribution in [-0.4, -0.2) is 43.0 Å². The summed E-state index contributed by atoms with van der Waals surface area (Å²) < 4.78 is 10.4. The molecule has 0 radical (unpaired) electrons. The highest BCUT2D eigenvalue weighted by Gasteiger charge is 2.26. The van der Waals surface area contributed by atoms with E-state index in [1.165, 1.54) is 0 Å². The molecule has 0 bridgehead atoms. The molecule has 2 aromatic rings. The van der Waals surface area contributed by atoms with Crippen molar-refractivity contribution in [3.8, 4) is 11.5 Å². The van der Waals surface area contributed by atoms with Crippen LogP contribution in [0.25, 0.3) is 0 Å². The molecule has 0 spiro atoms. The standard InChI is InChI=1S/C23H30N2O4/c1-16(2)24-23(27)17(3)25(15-19-8-12-21(29-5)13-9-19)22(26)14-18-6-10-20(28-4)11-7-18/h6-13,16-17H,14-15H2,1-5H3,(H,24,27)/t17-/m1/s1. The molecule has 2 amide bonds. The Morgan fingerprint density at radius 3 is 1.79 bits per heavy atom. The molecule has 2 rings (SSSR count). The smallest absolute Gasteiger partial charge is 0.242 e. The predicted molar refractivity (Wildman–Crippen MR) is 113 cm³/mol. The summed E-state index contributed by atoms with van der Waals surface area (Å²) in [4.78, 5) is 27.3. The van der Waals surface area contributed by atoms with E-state index in [-0.39, 0.29) is 24.3 Å². The summed E-state index contributed by atoms with van der Waals surface area (Å²) in [5.74, 6) is 1.20. The fraction of sp³-hybridized carbons (Fsp3) is 0.391. The molecule has 0 aromatic heterocycles. The average Bonchev–Trinajstić information content (AvgIpc) is 2.72. The van der Waals surface area contributed by atoms with Crippen LogP contribution in [-0.2, 0) is 22.6 Å². The van der Waals surface area contributed by atoms with Crippen LogP contribution < -0.4 is 14.8 Å². The molecule has 156 valence electrons. The lowest BCUT2D eigenvalue weighted by atomic mass is 10.1. The van der Waals surface area contributed by atoms with Crippen molar-refractivity contribution in [2.45, 2.75) is 45.8 Å². The van der Waals surface area contributed by atoms with Crippen LogP contribution in [0.5, 0.6) is 11.5 Å². The Kier molecular flexibility index (Phi) is 8.07. The Hall–Kier alpha value is -3.02. The van der Waals surface area contributed by atoms with Crippen molar-refractivity contribution in [1.82, 2.24) is 10.2 Å². The third kappa shape index (κ3) is 6.52. The number of methoxy groups -OCH3 is 2. The second-order valence-corrected chi connectivity index (χ2v) is 7.23. The van der Waals surface area contributed by atoms with Crippen LogP contribution in [0, 0.1) is 0 Å². The fourth-order valence-corrected chi connectivity index (χ4v) is 2.93. The molecular weight excluding hydrogens is 368 g/mol. The highest BCUT2D eigenvalue weighted by Crippen LogP contribution is 2.17. The van der Waals surface area contributed by atoms with E-state index in [1.54, 1.807) is 26.0 Å². The lowest BCUT2D eigenvalue weighted by Crippen LogP contribution is -2.49. The fourth-order valence-electron chi connectivity index (χ4n) is 2.93. The minimum absolute atomic E-state index is 0.00415. The second-order valence-electron chi connectivity index (χ2n) is 7.23. The Bertz CT molecular complexity index is 801. The molecule has 0 aliphatic rings. The lowest BCUT2D eigenvalue weighted by Gasteiger charge is -2.29. The predicted octanol–water partition coefficient (Wildman–Crippen LogP) is 3.19. The highest BCUT2D eigenvalue weighted by molar-refractivity contribution is 5.88. The van der Waals surface area contributed by atoms with Gasteiger partial charge in [0.05, 0.1) is 20.6 Å². The molecule has 2 aromatic carbocycles. The zero-order chi connectivity index (χ0) is 21.4. The van der Waals surface area contributed by atoms with E-state index in [0.29, 0.717) is 6.54 Å². The third-order valence-electron chi connectivity index (χ3n) is 4.62. The zero-order valence-corrected chi connectivity index (χ0v) is 17.8. The molecule has 1 N–H and O–H groups in total. The molecule has 0 aliphatic carbocycles. The van der Waals surface area contributed by atoms with Crippen LogP contribution in [0.1, 0.15) is 31.9 Å². The number of benzene rings is 2. The van der Waals surface area contributed by atoms with E-state index in [9.17, 15) is 9.59 Å². The Morgan fingerprint density at radius 2 is 1.34 bits per heavy atom. The molecule has 0 saturated heterocycles. The summed E-state index contributed by atoms with van der Waals surface area (Å²) in [6.45, 7) is 5.90. The monoisotopic (exact) mass is 398 g/mol. The first-order chi connectivity index (χ1) is 13.8. The summed E-state index contributed by atoms with van der Waals surface area (Å²) in [5, 5.41) is 2.89. The van der Waals surface area contributed by atoms with E-state index in [4.69, 9.17) is 9.47 Å². The molecule has 6 heteroatoms. The van der Waals surface area contributed by atoms with Crippen molar-refractivity contribution in [3.05, 3.63) is 59.7 Å². The second kappa shape index (κ2) is 10.5. The number of carbonyl (C=O) groups excluding carboxylic acids is 2. The molecule has 1 atom stereocenters. The lowest BCUT2D eigenvalue weighted by molar-refractivity contribution is -0.140. The minimum atomic E-state index is -0.592. The van der Waals surface area contributed by atoms with Gasteiger partial charge in [-0.2, -0.15) is 0 Å². The average molecular weight is 399 g/mol. The first kappa shape index (κ1) is 22.3. The van der Waals surface area contributed by atoms with Crippen LogP contribution in [0.2, 0.25) is 0 Å². The molecule has 0 aliphatic heterocycles. The molecule has 29 heavy (non-hydrogen) atoms. The van der Waals surface area contributed by atoms with Gasteiger partial charge in [-0.05, 0) is 56.2 Å². The first-order valence-corrected chi connectivity index (χ1v) is 9.69. The van der Waals surface area contributed by atoms with Crippen LogP contribution >= 0.6 is 0 Å². The van der Waals surface area contributed by atoms with Gasteiger partial charge in [0.2, 0.25) is 11.8 Å². The first-order valence-electron chi connectivity index (χ1n) is 9.69. The number of carbonyl (C=O) groups is 2. The normalized spacial score (nSPS) is 11.7. The van der Waals surface area contributed by atoms with Crippen LogP contribution in [0.4, 0.5) is 0 Å². The summed E-state index contributed by atoms with van der Waals surface area (Å²) in [6.07, 6.45) is 0.208. The van der Waals surface area contributed by atoms with Crippen molar-refractivity contribution in [2.24, 2.45) is 0 Å². The van der Waals surface area contributed by atoms with Gasteiger partial charge in [-0.25, -0.2) is 0 Å². The van der Waals surface area contributed by atoms with Crippen molar-refractivity contribution in [2.75, 3.05) is 14.2 Å². The third-order valence-corrected chi connectivity index (χ3v) is 4.62. The van der Waals surface area contributed by atoms with Gasteiger partial charge in [-0.3, -0.25) is 9.59 Å². The maximum atomic E-state index is 13.1. The van der Waals surface area contributed by atoms with E-state index in [0.717, 1.165) is 22.6 Å². The van der Waals surface area contributed by atoms with E-state index < -0.39 is 6.04 Å². The van der Waals surface area contributed by atoms with Gasteiger partial charge in [0.15, 0.2) is 0 Å². The van der Waals surface area contributed by atoms with Crippen LogP contribution in [0.15, 0.2) is 48.5 Å². The van der Waals surface area contributed by atoms with Gasteiger partial charge >= 0.3 is 0 Å². The quantitative estimate of drug-likeness (QED) is 0.704. The number of amides is 2. The molecule has 6 nitrogen and oxygen atoms in total. The minimum Gasteiger partial charge on any atom is -0.497 e. The van der Waals surface area contributed by atoms with E-state index in [1.807, 2.05) is 62.4 Å². The van der Waals surface area contributed by atoms with Gasteiger partial charge in [0.1, 0.15) is 17.5 Å². The number of hydrogen-bond acceptors (Lipinski definition) is 4. The van der Waals surface area contributed by atoms with Gasteiger partial charge in [0.25, 0.3) is 0 Å². The molecule has 0 unspecified atom stereocenters. The van der Waals surface area contributed by atoms with Crippen molar-refractivity contribution >= 4 is 11.8 Å².